The summed E-state index contributed by atoms with van der Waals surface area (Å²) in [5.74, 6) is 0.444. The summed E-state index contributed by atoms with van der Waals surface area (Å²) >= 11 is 1.54. The molecular formula is C15H14FNO2S. The van der Waals surface area contributed by atoms with Crippen LogP contribution in [0.1, 0.15) is 16.7 Å². The Labute approximate surface area is 121 Å². The van der Waals surface area contributed by atoms with E-state index in [1.165, 1.54) is 23.3 Å². The largest absolute Gasteiger partial charge is 0.305 e. The molecule has 0 aliphatic heterocycles. The molecule has 2 aromatic rings. The predicted octanol–water partition coefficient (Wildman–Crippen LogP) is 4.48. The summed E-state index contributed by atoms with van der Waals surface area (Å²) in [4.78, 5) is 9.98. The summed E-state index contributed by atoms with van der Waals surface area (Å²) in [6.45, 7) is 2.02. The molecule has 0 radical (unpaired) electrons. The maximum absolute atomic E-state index is 13.9. The summed E-state index contributed by atoms with van der Waals surface area (Å²) in [6.07, 6.45) is 0. The lowest BCUT2D eigenvalue weighted by Gasteiger charge is -2.05. The molecule has 20 heavy (non-hydrogen) atoms. The Morgan fingerprint density at radius 2 is 1.95 bits per heavy atom. The number of halogens is 1. The lowest BCUT2D eigenvalue weighted by Crippen LogP contribution is -1.96. The van der Waals surface area contributed by atoms with Crippen molar-refractivity contribution in [2.24, 2.45) is 0 Å². The Morgan fingerprint density at radius 1 is 1.20 bits per heavy atom. The first-order valence-electron chi connectivity index (χ1n) is 6.13. The molecule has 0 spiro atoms. The van der Waals surface area contributed by atoms with Crippen molar-refractivity contribution in [3.05, 3.63) is 75.1 Å². The predicted molar refractivity (Wildman–Crippen MR) is 79.2 cm³/mol. The Balaban J connectivity index is 2.01. The van der Waals surface area contributed by atoms with Crippen LogP contribution in [0.25, 0.3) is 0 Å². The van der Waals surface area contributed by atoms with Crippen LogP contribution in [0.15, 0.2) is 42.5 Å². The second-order valence-electron chi connectivity index (χ2n) is 4.49. The highest BCUT2D eigenvalue weighted by Gasteiger charge is 2.16. The first kappa shape index (κ1) is 14.5. The summed E-state index contributed by atoms with van der Waals surface area (Å²) in [5, 5.41) is 10.7. The normalized spacial score (nSPS) is 10.5. The SMILES string of the molecule is Cc1cccc(CSCc2cccc([N+](=O)[O-])c2F)c1. The van der Waals surface area contributed by atoms with Gasteiger partial charge in [0.15, 0.2) is 0 Å². The van der Waals surface area contributed by atoms with Gasteiger partial charge in [0, 0.05) is 23.1 Å². The lowest BCUT2D eigenvalue weighted by molar-refractivity contribution is -0.387. The number of hydrogen-bond donors (Lipinski definition) is 0. The van der Waals surface area contributed by atoms with Crippen LogP contribution in [0.2, 0.25) is 0 Å². The van der Waals surface area contributed by atoms with E-state index in [-0.39, 0.29) is 0 Å². The smallest absolute Gasteiger partial charge is 0.258 e. The Morgan fingerprint density at radius 3 is 2.65 bits per heavy atom. The minimum Gasteiger partial charge on any atom is -0.258 e. The molecule has 0 aliphatic rings. The van der Waals surface area contributed by atoms with Crippen LogP contribution in [-0.2, 0) is 11.5 Å². The second-order valence-corrected chi connectivity index (χ2v) is 5.47. The fourth-order valence-corrected chi connectivity index (χ4v) is 2.86. The molecule has 0 bridgehead atoms. The van der Waals surface area contributed by atoms with Crippen molar-refractivity contribution in [3.8, 4) is 0 Å². The van der Waals surface area contributed by atoms with Gasteiger partial charge in [0.05, 0.1) is 4.92 Å². The van der Waals surface area contributed by atoms with E-state index >= 15 is 0 Å². The lowest BCUT2D eigenvalue weighted by atomic mass is 10.2. The molecule has 0 unspecified atom stereocenters. The van der Waals surface area contributed by atoms with Crippen LogP contribution in [0.3, 0.4) is 0 Å². The molecule has 0 aliphatic carbocycles. The molecule has 2 rings (SSSR count). The minimum atomic E-state index is -0.728. The molecule has 0 aromatic heterocycles. The van der Waals surface area contributed by atoms with E-state index in [1.807, 2.05) is 25.1 Å². The van der Waals surface area contributed by atoms with E-state index < -0.39 is 16.4 Å². The molecule has 0 saturated carbocycles. The van der Waals surface area contributed by atoms with Crippen molar-refractivity contribution < 1.29 is 9.31 Å². The van der Waals surface area contributed by atoms with Crippen molar-refractivity contribution in [1.82, 2.24) is 0 Å². The van der Waals surface area contributed by atoms with Crippen molar-refractivity contribution >= 4 is 17.4 Å². The summed E-state index contributed by atoms with van der Waals surface area (Å²) in [5.41, 5.74) is 2.26. The zero-order valence-corrected chi connectivity index (χ0v) is 11.8. The fourth-order valence-electron chi connectivity index (χ4n) is 1.90. The topological polar surface area (TPSA) is 43.1 Å². The zero-order chi connectivity index (χ0) is 14.5. The average molecular weight is 291 g/mol. The standard InChI is InChI=1S/C15H14FNO2S/c1-11-4-2-5-12(8-11)9-20-10-13-6-3-7-14(15(13)16)17(18)19/h2-8H,9-10H2,1H3. The number of aryl methyl sites for hydroxylation is 1. The highest BCUT2D eigenvalue weighted by Crippen LogP contribution is 2.25. The van der Waals surface area contributed by atoms with Gasteiger partial charge in [-0.05, 0) is 12.5 Å². The fraction of sp³-hybridized carbons (Fsp3) is 0.200. The van der Waals surface area contributed by atoms with Crippen molar-refractivity contribution in [3.63, 3.8) is 0 Å². The molecule has 0 amide bonds. The van der Waals surface area contributed by atoms with Crippen molar-refractivity contribution in [1.29, 1.82) is 0 Å². The Kier molecular flexibility index (Phi) is 4.74. The molecule has 0 heterocycles. The van der Waals surface area contributed by atoms with E-state index in [4.69, 9.17) is 0 Å². The highest BCUT2D eigenvalue weighted by atomic mass is 32.2. The van der Waals surface area contributed by atoms with Crippen LogP contribution in [0, 0.1) is 22.9 Å². The van der Waals surface area contributed by atoms with Crippen molar-refractivity contribution in [2.45, 2.75) is 18.4 Å². The van der Waals surface area contributed by atoms with Crippen LogP contribution < -0.4 is 0 Å². The number of nitrogens with zero attached hydrogens (tertiary/aromatic N) is 1. The van der Waals surface area contributed by atoms with Gasteiger partial charge in [-0.2, -0.15) is 16.2 Å². The maximum atomic E-state index is 13.9. The average Bonchev–Trinajstić information content (AvgIpc) is 2.40. The molecule has 0 saturated heterocycles. The monoisotopic (exact) mass is 291 g/mol. The molecule has 5 heteroatoms. The first-order valence-corrected chi connectivity index (χ1v) is 7.28. The third-order valence-electron chi connectivity index (χ3n) is 2.86. The third kappa shape index (κ3) is 3.57. The van der Waals surface area contributed by atoms with Crippen LogP contribution in [-0.4, -0.2) is 4.92 Å². The van der Waals surface area contributed by atoms with Gasteiger partial charge < -0.3 is 0 Å². The molecule has 0 N–H and O–H groups in total. The van der Waals surface area contributed by atoms with Gasteiger partial charge in [-0.1, -0.05) is 42.0 Å². The summed E-state index contributed by atoms with van der Waals surface area (Å²) in [6, 6.07) is 12.4. The quantitative estimate of drug-likeness (QED) is 0.602. The number of rotatable bonds is 5. The van der Waals surface area contributed by atoms with E-state index in [9.17, 15) is 14.5 Å². The maximum Gasteiger partial charge on any atom is 0.305 e. The first-order chi connectivity index (χ1) is 9.58. The molecule has 2 aromatic carbocycles. The van der Waals surface area contributed by atoms with Crippen LogP contribution in [0.4, 0.5) is 10.1 Å². The Bertz CT molecular complexity index is 631. The van der Waals surface area contributed by atoms with E-state index in [1.54, 1.807) is 17.8 Å². The van der Waals surface area contributed by atoms with Crippen LogP contribution >= 0.6 is 11.8 Å². The van der Waals surface area contributed by atoms with Crippen molar-refractivity contribution in [2.75, 3.05) is 0 Å². The number of nitro groups is 1. The molecule has 0 fully saturated rings. The van der Waals surface area contributed by atoms with E-state index in [0.29, 0.717) is 11.3 Å². The molecule has 0 atom stereocenters. The summed E-state index contributed by atoms with van der Waals surface area (Å²) in [7, 11) is 0. The van der Waals surface area contributed by atoms with Gasteiger partial charge in [0.25, 0.3) is 0 Å². The summed E-state index contributed by atoms with van der Waals surface area (Å²) < 4.78 is 13.9. The van der Waals surface area contributed by atoms with Gasteiger partial charge in [-0.3, -0.25) is 10.1 Å². The molecule has 3 nitrogen and oxygen atoms in total. The van der Waals surface area contributed by atoms with Gasteiger partial charge >= 0.3 is 5.69 Å². The van der Waals surface area contributed by atoms with Gasteiger partial charge in [0.2, 0.25) is 5.82 Å². The molecule has 104 valence electrons. The third-order valence-corrected chi connectivity index (χ3v) is 3.92. The van der Waals surface area contributed by atoms with Gasteiger partial charge in [-0.25, -0.2) is 0 Å². The number of nitro benzene ring substituents is 1. The highest BCUT2D eigenvalue weighted by molar-refractivity contribution is 7.97. The number of hydrogen-bond acceptors (Lipinski definition) is 3. The number of benzene rings is 2. The zero-order valence-electron chi connectivity index (χ0n) is 11.0. The second kappa shape index (κ2) is 6.52. The van der Waals surface area contributed by atoms with Gasteiger partial charge in [0.1, 0.15) is 0 Å². The van der Waals surface area contributed by atoms with E-state index in [0.717, 1.165) is 5.75 Å². The minimum absolute atomic E-state index is 0.372. The van der Waals surface area contributed by atoms with Crippen LogP contribution in [0.5, 0.6) is 0 Å². The Hall–Kier alpha value is -1.88. The van der Waals surface area contributed by atoms with Gasteiger partial charge in [-0.15, -0.1) is 0 Å². The molecular weight excluding hydrogens is 277 g/mol. The van der Waals surface area contributed by atoms with E-state index in [2.05, 4.69) is 6.07 Å². The number of thioether (sulfide) groups is 1.